The highest BCUT2D eigenvalue weighted by atomic mass is 16.3. The van der Waals surface area contributed by atoms with Crippen molar-refractivity contribution < 1.29 is 14.3 Å². The second-order valence-electron chi connectivity index (χ2n) is 4.98. The van der Waals surface area contributed by atoms with Crippen LogP contribution in [-0.2, 0) is 11.2 Å². The summed E-state index contributed by atoms with van der Waals surface area (Å²) in [6.45, 7) is 1.92. The van der Waals surface area contributed by atoms with Crippen molar-refractivity contribution >= 4 is 5.91 Å². The van der Waals surface area contributed by atoms with Crippen molar-refractivity contribution in [1.82, 2.24) is 5.32 Å². The van der Waals surface area contributed by atoms with Gasteiger partial charge in [-0.05, 0) is 37.8 Å². The quantitative estimate of drug-likeness (QED) is 0.788. The minimum absolute atomic E-state index is 0.00413. The Bertz CT molecular complexity index is 370. The molecule has 1 aromatic heterocycles. The van der Waals surface area contributed by atoms with Gasteiger partial charge in [0.25, 0.3) is 0 Å². The SMILES string of the molecule is CC(CO)(NC(=O)CCc1ccco1)C1CC1. The van der Waals surface area contributed by atoms with Crippen LogP contribution in [-0.4, -0.2) is 23.2 Å². The fourth-order valence-corrected chi connectivity index (χ4v) is 2.06. The molecule has 1 aromatic rings. The van der Waals surface area contributed by atoms with Crippen LogP contribution in [0.15, 0.2) is 22.8 Å². The lowest BCUT2D eigenvalue weighted by molar-refractivity contribution is -0.123. The van der Waals surface area contributed by atoms with Gasteiger partial charge in [0, 0.05) is 12.8 Å². The number of aryl methyl sites for hydroxylation is 1. The lowest BCUT2D eigenvalue weighted by Gasteiger charge is -2.28. The summed E-state index contributed by atoms with van der Waals surface area (Å²) in [4.78, 5) is 11.8. The van der Waals surface area contributed by atoms with Gasteiger partial charge < -0.3 is 14.8 Å². The fraction of sp³-hybridized carbons (Fsp3) is 0.615. The Morgan fingerprint density at radius 3 is 2.94 bits per heavy atom. The van der Waals surface area contributed by atoms with E-state index in [1.165, 1.54) is 0 Å². The Kier molecular flexibility index (Phi) is 3.52. The van der Waals surface area contributed by atoms with Crippen molar-refractivity contribution in [2.24, 2.45) is 5.92 Å². The molecule has 1 amide bonds. The predicted octanol–water partition coefficient (Wildman–Crippen LogP) is 1.49. The summed E-state index contributed by atoms with van der Waals surface area (Å²) in [6, 6.07) is 3.68. The smallest absolute Gasteiger partial charge is 0.220 e. The molecule has 1 saturated carbocycles. The molecule has 4 nitrogen and oxygen atoms in total. The van der Waals surface area contributed by atoms with Crippen LogP contribution in [0.3, 0.4) is 0 Å². The summed E-state index contributed by atoms with van der Waals surface area (Å²) in [5.41, 5.74) is -0.444. The lowest BCUT2D eigenvalue weighted by Crippen LogP contribution is -2.50. The van der Waals surface area contributed by atoms with E-state index in [-0.39, 0.29) is 12.5 Å². The molecule has 0 aromatic carbocycles. The number of aliphatic hydroxyl groups excluding tert-OH is 1. The number of furan rings is 1. The average molecular weight is 237 g/mol. The van der Waals surface area contributed by atoms with E-state index in [1.807, 2.05) is 19.1 Å². The average Bonchev–Trinajstić information content (AvgIpc) is 3.05. The molecule has 1 heterocycles. The van der Waals surface area contributed by atoms with Gasteiger partial charge in [0.05, 0.1) is 18.4 Å². The molecule has 94 valence electrons. The first-order valence-corrected chi connectivity index (χ1v) is 6.08. The van der Waals surface area contributed by atoms with Gasteiger partial charge in [-0.2, -0.15) is 0 Å². The largest absolute Gasteiger partial charge is 0.469 e. The van der Waals surface area contributed by atoms with E-state index in [0.717, 1.165) is 18.6 Å². The Labute approximate surface area is 101 Å². The van der Waals surface area contributed by atoms with Crippen molar-refractivity contribution in [3.05, 3.63) is 24.2 Å². The first-order valence-electron chi connectivity index (χ1n) is 6.08. The summed E-state index contributed by atoms with van der Waals surface area (Å²) in [6.07, 6.45) is 4.79. The number of amides is 1. The summed E-state index contributed by atoms with van der Waals surface area (Å²) < 4.78 is 5.17. The van der Waals surface area contributed by atoms with Gasteiger partial charge in [-0.15, -0.1) is 0 Å². The van der Waals surface area contributed by atoms with Crippen LogP contribution in [0.4, 0.5) is 0 Å². The molecule has 1 fully saturated rings. The van der Waals surface area contributed by atoms with Gasteiger partial charge in [-0.3, -0.25) is 4.79 Å². The molecule has 0 radical (unpaired) electrons. The minimum Gasteiger partial charge on any atom is -0.469 e. The topological polar surface area (TPSA) is 62.5 Å². The minimum atomic E-state index is -0.444. The number of nitrogens with one attached hydrogen (secondary N) is 1. The maximum absolute atomic E-state index is 11.8. The van der Waals surface area contributed by atoms with E-state index in [2.05, 4.69) is 5.32 Å². The van der Waals surface area contributed by atoms with E-state index in [9.17, 15) is 9.90 Å². The zero-order valence-corrected chi connectivity index (χ0v) is 10.1. The number of carbonyl (C=O) groups is 1. The van der Waals surface area contributed by atoms with Crippen LogP contribution in [0.1, 0.15) is 31.9 Å². The standard InChI is InChI=1S/C13H19NO3/c1-13(9-15,10-4-5-10)14-12(16)7-6-11-3-2-8-17-11/h2-3,8,10,15H,4-7,9H2,1H3,(H,14,16). The van der Waals surface area contributed by atoms with Crippen molar-refractivity contribution in [3.8, 4) is 0 Å². The third-order valence-electron chi connectivity index (χ3n) is 3.41. The molecule has 0 saturated heterocycles. The summed E-state index contributed by atoms with van der Waals surface area (Å²) in [5, 5.41) is 12.3. The molecule has 0 spiro atoms. The van der Waals surface area contributed by atoms with Gasteiger partial charge in [0.2, 0.25) is 5.91 Å². The Balaban J connectivity index is 1.80. The second kappa shape index (κ2) is 4.92. The monoisotopic (exact) mass is 237 g/mol. The Morgan fingerprint density at radius 2 is 2.41 bits per heavy atom. The highest BCUT2D eigenvalue weighted by Crippen LogP contribution is 2.39. The summed E-state index contributed by atoms with van der Waals surface area (Å²) in [7, 11) is 0. The zero-order chi connectivity index (χ0) is 12.3. The molecular weight excluding hydrogens is 218 g/mol. The van der Waals surface area contributed by atoms with E-state index in [1.54, 1.807) is 6.26 Å². The van der Waals surface area contributed by atoms with Crippen LogP contribution in [0.5, 0.6) is 0 Å². The number of rotatable bonds is 6. The number of aliphatic hydroxyl groups is 1. The number of hydrogen-bond acceptors (Lipinski definition) is 3. The number of carbonyl (C=O) groups excluding carboxylic acids is 1. The van der Waals surface area contributed by atoms with Crippen LogP contribution in [0.2, 0.25) is 0 Å². The highest BCUT2D eigenvalue weighted by Gasteiger charge is 2.41. The molecule has 1 aliphatic rings. The molecule has 1 aliphatic carbocycles. The third kappa shape index (κ3) is 3.09. The van der Waals surface area contributed by atoms with Crippen molar-refractivity contribution in [3.63, 3.8) is 0 Å². The lowest BCUT2D eigenvalue weighted by atomic mass is 9.96. The summed E-state index contributed by atoms with van der Waals surface area (Å²) in [5.74, 6) is 1.22. The Morgan fingerprint density at radius 1 is 1.65 bits per heavy atom. The second-order valence-corrected chi connectivity index (χ2v) is 4.98. The molecule has 2 rings (SSSR count). The molecular formula is C13H19NO3. The maximum Gasteiger partial charge on any atom is 0.220 e. The van der Waals surface area contributed by atoms with Crippen molar-refractivity contribution in [2.45, 2.75) is 38.1 Å². The molecule has 17 heavy (non-hydrogen) atoms. The zero-order valence-electron chi connectivity index (χ0n) is 10.1. The predicted molar refractivity (Wildman–Crippen MR) is 63.4 cm³/mol. The molecule has 2 N–H and O–H groups in total. The molecule has 1 atom stereocenters. The Hall–Kier alpha value is -1.29. The molecule has 4 heteroatoms. The highest BCUT2D eigenvalue weighted by molar-refractivity contribution is 5.77. The first-order chi connectivity index (χ1) is 8.14. The van der Waals surface area contributed by atoms with Gasteiger partial charge in [0.15, 0.2) is 0 Å². The normalized spacial score (nSPS) is 18.7. The van der Waals surface area contributed by atoms with E-state index >= 15 is 0 Å². The van der Waals surface area contributed by atoms with Gasteiger partial charge in [-0.1, -0.05) is 0 Å². The van der Waals surface area contributed by atoms with E-state index < -0.39 is 5.54 Å². The first kappa shape index (κ1) is 12.2. The summed E-state index contributed by atoms with van der Waals surface area (Å²) >= 11 is 0. The fourth-order valence-electron chi connectivity index (χ4n) is 2.06. The van der Waals surface area contributed by atoms with Crippen molar-refractivity contribution in [1.29, 1.82) is 0 Å². The van der Waals surface area contributed by atoms with Crippen LogP contribution in [0.25, 0.3) is 0 Å². The van der Waals surface area contributed by atoms with Gasteiger partial charge >= 0.3 is 0 Å². The molecule has 0 bridgehead atoms. The van der Waals surface area contributed by atoms with Gasteiger partial charge in [0.1, 0.15) is 5.76 Å². The molecule has 1 unspecified atom stereocenters. The van der Waals surface area contributed by atoms with Crippen LogP contribution >= 0.6 is 0 Å². The van der Waals surface area contributed by atoms with Crippen molar-refractivity contribution in [2.75, 3.05) is 6.61 Å². The van der Waals surface area contributed by atoms with Crippen LogP contribution < -0.4 is 5.32 Å². The van der Waals surface area contributed by atoms with Gasteiger partial charge in [-0.25, -0.2) is 0 Å². The van der Waals surface area contributed by atoms with E-state index in [4.69, 9.17) is 4.42 Å². The molecule has 0 aliphatic heterocycles. The number of hydrogen-bond donors (Lipinski definition) is 2. The maximum atomic E-state index is 11.8. The van der Waals surface area contributed by atoms with Crippen LogP contribution in [0, 0.1) is 5.92 Å². The third-order valence-corrected chi connectivity index (χ3v) is 3.41. The van der Waals surface area contributed by atoms with E-state index in [0.29, 0.717) is 18.8 Å².